The van der Waals surface area contributed by atoms with Crippen LogP contribution < -0.4 is 5.32 Å². The number of likely N-dealkylation sites (tertiary alicyclic amines) is 1. The van der Waals surface area contributed by atoms with Gasteiger partial charge in [0.15, 0.2) is 0 Å². The highest BCUT2D eigenvalue weighted by Crippen LogP contribution is 2.06. The first-order chi connectivity index (χ1) is 7.36. The van der Waals surface area contributed by atoms with Crippen molar-refractivity contribution in [3.05, 3.63) is 17.5 Å². The van der Waals surface area contributed by atoms with Gasteiger partial charge in [-0.1, -0.05) is 0 Å². The van der Waals surface area contributed by atoms with Gasteiger partial charge in [-0.05, 0) is 32.9 Å². The van der Waals surface area contributed by atoms with Gasteiger partial charge in [0.1, 0.15) is 0 Å². The van der Waals surface area contributed by atoms with Crippen LogP contribution in [0.5, 0.6) is 0 Å². The van der Waals surface area contributed by atoms with Crippen LogP contribution in [0.25, 0.3) is 0 Å². The number of aryl methyl sites for hydroxylation is 1. The molecule has 0 aromatic carbocycles. The molecular weight excluding hydrogens is 188 g/mol. The van der Waals surface area contributed by atoms with Gasteiger partial charge in [-0.15, -0.1) is 0 Å². The van der Waals surface area contributed by atoms with Crippen molar-refractivity contribution in [1.29, 1.82) is 0 Å². The van der Waals surface area contributed by atoms with Crippen molar-refractivity contribution in [1.82, 2.24) is 20.4 Å². The highest BCUT2D eigenvalue weighted by Gasteiger charge is 2.10. The van der Waals surface area contributed by atoms with Crippen molar-refractivity contribution < 1.29 is 0 Å². The standard InChI is InChI=1S/C11H20N4/c1-10-11(9-13-14-10)8-12-4-7-15-5-2-3-6-15/h9,12H,2-8H2,1H3,(H,13,14). The lowest BCUT2D eigenvalue weighted by atomic mass is 10.2. The van der Waals surface area contributed by atoms with Crippen LogP contribution in [0.15, 0.2) is 6.20 Å². The van der Waals surface area contributed by atoms with Crippen molar-refractivity contribution in [2.24, 2.45) is 0 Å². The maximum Gasteiger partial charge on any atom is 0.0535 e. The van der Waals surface area contributed by atoms with Gasteiger partial charge in [-0.2, -0.15) is 5.10 Å². The van der Waals surface area contributed by atoms with E-state index in [2.05, 4.69) is 27.3 Å². The Bertz CT molecular complexity index is 289. The molecule has 0 bridgehead atoms. The SMILES string of the molecule is Cc1[nH]ncc1CNCCN1CCCC1. The number of H-pyrrole nitrogens is 1. The molecule has 4 heteroatoms. The van der Waals surface area contributed by atoms with Gasteiger partial charge in [-0.3, -0.25) is 5.10 Å². The van der Waals surface area contributed by atoms with Crippen LogP contribution >= 0.6 is 0 Å². The Kier molecular flexibility index (Phi) is 3.75. The van der Waals surface area contributed by atoms with Crippen molar-refractivity contribution in [3.8, 4) is 0 Å². The summed E-state index contributed by atoms with van der Waals surface area (Å²) in [6.07, 6.45) is 4.65. The largest absolute Gasteiger partial charge is 0.311 e. The molecule has 84 valence electrons. The zero-order valence-corrected chi connectivity index (χ0v) is 9.42. The molecule has 1 aliphatic rings. The minimum atomic E-state index is 0.927. The van der Waals surface area contributed by atoms with E-state index in [-0.39, 0.29) is 0 Å². The van der Waals surface area contributed by atoms with Gasteiger partial charge in [-0.25, -0.2) is 0 Å². The maximum atomic E-state index is 4.00. The summed E-state index contributed by atoms with van der Waals surface area (Å²) >= 11 is 0. The monoisotopic (exact) mass is 208 g/mol. The highest BCUT2D eigenvalue weighted by atomic mass is 15.2. The molecule has 0 radical (unpaired) electrons. The lowest BCUT2D eigenvalue weighted by Gasteiger charge is -2.14. The molecule has 15 heavy (non-hydrogen) atoms. The van der Waals surface area contributed by atoms with Crippen LogP contribution in [0.3, 0.4) is 0 Å². The first-order valence-electron chi connectivity index (χ1n) is 5.78. The molecule has 2 heterocycles. The fraction of sp³-hybridized carbons (Fsp3) is 0.727. The summed E-state index contributed by atoms with van der Waals surface area (Å²) in [6, 6.07) is 0. The molecule has 0 amide bonds. The average molecular weight is 208 g/mol. The molecule has 2 rings (SSSR count). The Labute approximate surface area is 91.1 Å². The molecule has 1 aromatic rings. The lowest BCUT2D eigenvalue weighted by molar-refractivity contribution is 0.335. The second-order valence-corrected chi connectivity index (χ2v) is 4.25. The predicted molar refractivity (Wildman–Crippen MR) is 60.7 cm³/mol. The fourth-order valence-electron chi connectivity index (χ4n) is 2.02. The Hall–Kier alpha value is -0.870. The van der Waals surface area contributed by atoms with E-state index in [4.69, 9.17) is 0 Å². The van der Waals surface area contributed by atoms with Crippen LogP contribution in [0.1, 0.15) is 24.1 Å². The predicted octanol–water partition coefficient (Wildman–Crippen LogP) is 0.904. The van der Waals surface area contributed by atoms with Crippen LogP contribution in [-0.2, 0) is 6.54 Å². The van der Waals surface area contributed by atoms with E-state index in [1.54, 1.807) is 0 Å². The molecule has 1 saturated heterocycles. The van der Waals surface area contributed by atoms with E-state index in [0.29, 0.717) is 0 Å². The number of aromatic nitrogens is 2. The van der Waals surface area contributed by atoms with E-state index >= 15 is 0 Å². The third-order valence-electron chi connectivity index (χ3n) is 3.05. The second kappa shape index (κ2) is 5.28. The second-order valence-electron chi connectivity index (χ2n) is 4.25. The topological polar surface area (TPSA) is 44.0 Å². The summed E-state index contributed by atoms with van der Waals surface area (Å²) in [4.78, 5) is 2.52. The van der Waals surface area contributed by atoms with E-state index in [0.717, 1.165) is 13.1 Å². The average Bonchev–Trinajstić information content (AvgIpc) is 2.85. The minimum absolute atomic E-state index is 0.927. The Morgan fingerprint density at radius 1 is 1.47 bits per heavy atom. The molecular formula is C11H20N4. The van der Waals surface area contributed by atoms with Gasteiger partial charge >= 0.3 is 0 Å². The molecule has 1 aliphatic heterocycles. The van der Waals surface area contributed by atoms with Gasteiger partial charge in [0.25, 0.3) is 0 Å². The molecule has 2 N–H and O–H groups in total. The Morgan fingerprint density at radius 2 is 2.27 bits per heavy atom. The van der Waals surface area contributed by atoms with Crippen molar-refractivity contribution in [2.75, 3.05) is 26.2 Å². The highest BCUT2D eigenvalue weighted by molar-refractivity contribution is 5.13. The number of nitrogens with one attached hydrogen (secondary N) is 2. The van der Waals surface area contributed by atoms with E-state index in [9.17, 15) is 0 Å². The number of rotatable bonds is 5. The fourth-order valence-corrected chi connectivity index (χ4v) is 2.02. The zero-order valence-electron chi connectivity index (χ0n) is 9.42. The van der Waals surface area contributed by atoms with Crippen LogP contribution in [0, 0.1) is 6.92 Å². The first-order valence-corrected chi connectivity index (χ1v) is 5.78. The third-order valence-corrected chi connectivity index (χ3v) is 3.05. The molecule has 1 aromatic heterocycles. The summed E-state index contributed by atoms with van der Waals surface area (Å²) in [6.45, 7) is 7.81. The number of aromatic amines is 1. The van der Waals surface area contributed by atoms with E-state index in [1.807, 2.05) is 6.20 Å². The molecule has 0 unspecified atom stereocenters. The van der Waals surface area contributed by atoms with Crippen molar-refractivity contribution in [3.63, 3.8) is 0 Å². The summed E-state index contributed by atoms with van der Waals surface area (Å²) in [7, 11) is 0. The molecule has 4 nitrogen and oxygen atoms in total. The Balaban J connectivity index is 1.60. The summed E-state index contributed by atoms with van der Waals surface area (Å²) < 4.78 is 0. The van der Waals surface area contributed by atoms with Gasteiger partial charge in [0.2, 0.25) is 0 Å². The van der Waals surface area contributed by atoms with Crippen LogP contribution in [0.4, 0.5) is 0 Å². The molecule has 0 aliphatic carbocycles. The van der Waals surface area contributed by atoms with E-state index in [1.165, 1.54) is 43.7 Å². The number of hydrogen-bond acceptors (Lipinski definition) is 3. The lowest BCUT2D eigenvalue weighted by Crippen LogP contribution is -2.29. The maximum absolute atomic E-state index is 4.00. The Morgan fingerprint density at radius 3 is 2.93 bits per heavy atom. The third kappa shape index (κ3) is 3.04. The summed E-state index contributed by atoms with van der Waals surface area (Å²) in [5, 5.41) is 10.4. The van der Waals surface area contributed by atoms with Gasteiger partial charge in [0.05, 0.1) is 6.20 Å². The smallest absolute Gasteiger partial charge is 0.0535 e. The molecule has 0 spiro atoms. The van der Waals surface area contributed by atoms with Crippen molar-refractivity contribution >= 4 is 0 Å². The summed E-state index contributed by atoms with van der Waals surface area (Å²) in [5.74, 6) is 0. The van der Waals surface area contributed by atoms with Crippen LogP contribution in [-0.4, -0.2) is 41.3 Å². The molecule has 0 saturated carbocycles. The first kappa shape index (κ1) is 10.6. The molecule has 1 fully saturated rings. The van der Waals surface area contributed by atoms with Crippen molar-refractivity contribution in [2.45, 2.75) is 26.3 Å². The normalized spacial score (nSPS) is 17.4. The molecule has 0 atom stereocenters. The van der Waals surface area contributed by atoms with Gasteiger partial charge in [0, 0.05) is 30.9 Å². The number of nitrogens with zero attached hydrogens (tertiary/aromatic N) is 2. The van der Waals surface area contributed by atoms with E-state index < -0.39 is 0 Å². The number of hydrogen-bond donors (Lipinski definition) is 2. The van der Waals surface area contributed by atoms with Crippen LogP contribution in [0.2, 0.25) is 0 Å². The minimum Gasteiger partial charge on any atom is -0.311 e. The summed E-state index contributed by atoms with van der Waals surface area (Å²) in [5.41, 5.74) is 2.44. The zero-order chi connectivity index (χ0) is 10.5. The van der Waals surface area contributed by atoms with Gasteiger partial charge < -0.3 is 10.2 Å². The quantitative estimate of drug-likeness (QED) is 0.707.